The van der Waals surface area contributed by atoms with Crippen LogP contribution in [0.2, 0.25) is 5.02 Å². The number of nitrogens with two attached hydrogens (primary N) is 1. The third kappa shape index (κ3) is 3.34. The number of aromatic nitrogens is 1. The second kappa shape index (κ2) is 7.38. The molecular formula is C21H20ClN3O3S3. The van der Waals surface area contributed by atoms with E-state index in [4.69, 9.17) is 27.1 Å². The third-order valence-corrected chi connectivity index (χ3v) is 11.3. The molecule has 1 unspecified atom stereocenters. The van der Waals surface area contributed by atoms with Gasteiger partial charge in [-0.1, -0.05) is 17.7 Å². The van der Waals surface area contributed by atoms with Gasteiger partial charge in [-0.15, -0.1) is 22.7 Å². The Kier molecular flexibility index (Phi) is 5.02. The summed E-state index contributed by atoms with van der Waals surface area (Å²) >= 11 is 9.69. The van der Waals surface area contributed by atoms with Crippen LogP contribution in [-0.2, 0) is 20.1 Å². The fraction of sp³-hybridized carbons (Fsp3) is 0.333. The summed E-state index contributed by atoms with van der Waals surface area (Å²) in [4.78, 5) is 11.9. The number of rotatable bonds is 3. The number of aliphatic imine (C=N–C) groups is 1. The molecule has 162 valence electrons. The minimum Gasteiger partial charge on any atom is -0.386 e. The minimum absolute atomic E-state index is 0.0622. The topological polar surface area (TPSA) is 94.6 Å². The molecule has 6 nitrogen and oxygen atoms in total. The van der Waals surface area contributed by atoms with Crippen molar-refractivity contribution in [2.24, 2.45) is 10.7 Å². The van der Waals surface area contributed by atoms with E-state index >= 15 is 0 Å². The van der Waals surface area contributed by atoms with E-state index in [9.17, 15) is 8.42 Å². The SMILES string of the molecule is C[C@@]1(c2sc(-c3ccnc(-c4cccs4)c3)cc2Cl)CS(=O)(=O)C2(CCOC2)C(N)=N1. The molecule has 3 aromatic rings. The van der Waals surface area contributed by atoms with E-state index < -0.39 is 20.1 Å². The normalized spacial score (nSPS) is 27.5. The van der Waals surface area contributed by atoms with Crippen molar-refractivity contribution in [3.8, 4) is 21.0 Å². The summed E-state index contributed by atoms with van der Waals surface area (Å²) in [5.41, 5.74) is 7.06. The van der Waals surface area contributed by atoms with Crippen molar-refractivity contribution in [3.05, 3.63) is 51.8 Å². The Labute approximate surface area is 193 Å². The summed E-state index contributed by atoms with van der Waals surface area (Å²) in [6, 6.07) is 9.81. The lowest BCUT2D eigenvalue weighted by Crippen LogP contribution is -2.58. The molecule has 0 saturated carbocycles. The first-order valence-corrected chi connectivity index (χ1v) is 13.4. The number of sulfone groups is 1. The Bertz CT molecular complexity index is 1280. The number of pyridine rings is 1. The largest absolute Gasteiger partial charge is 0.386 e. The van der Waals surface area contributed by atoms with Gasteiger partial charge in [0, 0.05) is 17.7 Å². The van der Waals surface area contributed by atoms with Crippen LogP contribution in [0.25, 0.3) is 21.0 Å². The zero-order valence-electron chi connectivity index (χ0n) is 16.7. The lowest BCUT2D eigenvalue weighted by atomic mass is 10.0. The number of thiophene rings is 2. The number of ether oxygens (including phenoxy) is 1. The van der Waals surface area contributed by atoms with Crippen molar-refractivity contribution in [3.63, 3.8) is 0 Å². The van der Waals surface area contributed by atoms with Gasteiger partial charge >= 0.3 is 0 Å². The molecule has 0 aliphatic carbocycles. The molecule has 5 rings (SSSR count). The molecule has 1 saturated heterocycles. The van der Waals surface area contributed by atoms with Crippen molar-refractivity contribution in [1.82, 2.24) is 4.98 Å². The molecule has 1 fully saturated rings. The number of hydrogen-bond acceptors (Lipinski definition) is 8. The molecule has 3 aromatic heterocycles. The molecule has 31 heavy (non-hydrogen) atoms. The number of amidine groups is 1. The molecule has 2 aliphatic rings. The smallest absolute Gasteiger partial charge is 0.168 e. The van der Waals surface area contributed by atoms with E-state index in [2.05, 4.69) is 4.98 Å². The lowest BCUT2D eigenvalue weighted by Gasteiger charge is -2.38. The molecule has 0 radical (unpaired) electrons. The average Bonchev–Trinajstić information content (AvgIpc) is 3.47. The quantitative estimate of drug-likeness (QED) is 0.585. The monoisotopic (exact) mass is 493 g/mol. The molecular weight excluding hydrogens is 474 g/mol. The van der Waals surface area contributed by atoms with Gasteiger partial charge in [0.25, 0.3) is 0 Å². The number of halogens is 1. The third-order valence-electron chi connectivity index (χ3n) is 5.88. The van der Waals surface area contributed by atoms with Crippen molar-refractivity contribution in [2.45, 2.75) is 23.6 Å². The second-order valence-electron chi connectivity index (χ2n) is 8.02. The Morgan fingerprint density at radius 3 is 2.77 bits per heavy atom. The van der Waals surface area contributed by atoms with Crippen LogP contribution in [-0.4, -0.2) is 43.0 Å². The predicted octanol–water partition coefficient (Wildman–Crippen LogP) is 4.35. The highest BCUT2D eigenvalue weighted by Crippen LogP contribution is 2.47. The summed E-state index contributed by atoms with van der Waals surface area (Å²) in [6.45, 7) is 2.21. The number of nitrogens with zero attached hydrogens (tertiary/aromatic N) is 2. The predicted molar refractivity (Wildman–Crippen MR) is 127 cm³/mol. The van der Waals surface area contributed by atoms with Crippen LogP contribution in [0.15, 0.2) is 46.9 Å². The van der Waals surface area contributed by atoms with E-state index in [1.165, 1.54) is 11.3 Å². The fourth-order valence-electron chi connectivity index (χ4n) is 4.20. The average molecular weight is 494 g/mol. The van der Waals surface area contributed by atoms with Crippen molar-refractivity contribution >= 4 is 49.9 Å². The molecule has 0 amide bonds. The van der Waals surface area contributed by atoms with Gasteiger partial charge in [-0.3, -0.25) is 9.98 Å². The van der Waals surface area contributed by atoms with Crippen LogP contribution in [0, 0.1) is 0 Å². The molecule has 2 N–H and O–H groups in total. The highest BCUT2D eigenvalue weighted by Gasteiger charge is 2.57. The van der Waals surface area contributed by atoms with Gasteiger partial charge in [0.2, 0.25) is 0 Å². The van der Waals surface area contributed by atoms with E-state index in [0.717, 1.165) is 21.0 Å². The second-order valence-corrected chi connectivity index (χ2v) is 12.7. The maximum Gasteiger partial charge on any atom is 0.168 e. The van der Waals surface area contributed by atoms with Crippen LogP contribution >= 0.6 is 34.3 Å². The summed E-state index contributed by atoms with van der Waals surface area (Å²) < 4.78 is 30.7. The van der Waals surface area contributed by atoms with Crippen molar-refractivity contribution in [2.75, 3.05) is 19.0 Å². The molecule has 10 heteroatoms. The molecule has 0 aromatic carbocycles. The molecule has 2 atom stereocenters. The van der Waals surface area contributed by atoms with Crippen LogP contribution in [0.4, 0.5) is 0 Å². The van der Waals surface area contributed by atoms with Crippen LogP contribution in [0.5, 0.6) is 0 Å². The zero-order valence-corrected chi connectivity index (χ0v) is 19.9. The Morgan fingerprint density at radius 1 is 1.26 bits per heavy atom. The molecule has 0 bridgehead atoms. The first-order chi connectivity index (χ1) is 14.7. The van der Waals surface area contributed by atoms with E-state index in [-0.39, 0.29) is 18.2 Å². The summed E-state index contributed by atoms with van der Waals surface area (Å²) in [6.07, 6.45) is 2.11. The van der Waals surface area contributed by atoms with Gasteiger partial charge < -0.3 is 10.5 Å². The van der Waals surface area contributed by atoms with Crippen molar-refractivity contribution < 1.29 is 13.2 Å². The minimum atomic E-state index is -3.58. The lowest BCUT2D eigenvalue weighted by molar-refractivity contribution is 0.194. The fourth-order valence-corrected chi connectivity index (χ4v) is 8.86. The van der Waals surface area contributed by atoms with Crippen molar-refractivity contribution in [1.29, 1.82) is 0 Å². The van der Waals surface area contributed by atoms with Gasteiger partial charge in [-0.25, -0.2) is 8.42 Å². The summed E-state index contributed by atoms with van der Waals surface area (Å²) in [5, 5.41) is 2.50. The molecule has 2 aliphatic heterocycles. The van der Waals surface area contributed by atoms with Gasteiger partial charge in [0.05, 0.1) is 32.8 Å². The van der Waals surface area contributed by atoms with Crippen LogP contribution < -0.4 is 5.73 Å². The molecule has 5 heterocycles. The standard InChI is InChI=1S/C21H20ClN3O3S3/c1-20(12-31(26,27)21(19(23)25-20)5-7-28-11-21)18-14(22)10-17(30-18)13-4-6-24-15(9-13)16-3-2-8-29-16/h2-4,6,8-10H,5,7,11-12H2,1H3,(H2,23,25)/t20-,21?/m0/s1. The summed E-state index contributed by atoms with van der Waals surface area (Å²) in [7, 11) is -3.58. The van der Waals surface area contributed by atoms with E-state index in [1.54, 1.807) is 24.5 Å². The van der Waals surface area contributed by atoms with E-state index in [0.29, 0.717) is 22.9 Å². The summed E-state index contributed by atoms with van der Waals surface area (Å²) in [5.74, 6) is -0.0331. The van der Waals surface area contributed by atoms with Gasteiger partial charge in [0.15, 0.2) is 14.6 Å². The maximum absolute atomic E-state index is 13.3. The first kappa shape index (κ1) is 21.1. The Balaban J connectivity index is 1.56. The highest BCUT2D eigenvalue weighted by molar-refractivity contribution is 7.93. The van der Waals surface area contributed by atoms with Gasteiger partial charge in [-0.05, 0) is 48.6 Å². The zero-order chi connectivity index (χ0) is 21.9. The van der Waals surface area contributed by atoms with Gasteiger partial charge in [-0.2, -0.15) is 0 Å². The highest BCUT2D eigenvalue weighted by atomic mass is 35.5. The van der Waals surface area contributed by atoms with Crippen LogP contribution in [0.1, 0.15) is 18.2 Å². The van der Waals surface area contributed by atoms with E-state index in [1.807, 2.05) is 35.7 Å². The Hall–Kier alpha value is -1.78. The van der Waals surface area contributed by atoms with Crippen LogP contribution in [0.3, 0.4) is 0 Å². The molecule has 1 spiro atoms. The Morgan fingerprint density at radius 2 is 2.10 bits per heavy atom. The number of hydrogen-bond donors (Lipinski definition) is 1. The van der Waals surface area contributed by atoms with Gasteiger partial charge in [0.1, 0.15) is 11.4 Å². The maximum atomic E-state index is 13.3. The first-order valence-electron chi connectivity index (χ1n) is 9.70.